The molecule has 168 valence electrons. The van der Waals surface area contributed by atoms with Gasteiger partial charge in [0.2, 0.25) is 5.91 Å². The van der Waals surface area contributed by atoms with E-state index in [1.165, 1.54) is 17.3 Å². The predicted octanol–water partition coefficient (Wildman–Crippen LogP) is 6.20. The van der Waals surface area contributed by atoms with Crippen molar-refractivity contribution in [3.05, 3.63) is 76.6 Å². The zero-order valence-electron chi connectivity index (χ0n) is 17.8. The third kappa shape index (κ3) is 6.28. The summed E-state index contributed by atoms with van der Waals surface area (Å²) >= 11 is 13.3. The molecule has 0 saturated heterocycles. The van der Waals surface area contributed by atoms with Crippen molar-refractivity contribution in [1.82, 2.24) is 14.8 Å². The number of carbonyl (C=O) groups is 1. The number of hydrogen-bond donors (Lipinski definition) is 1. The minimum Gasteiger partial charge on any atom is -0.483 e. The fourth-order valence-electron chi connectivity index (χ4n) is 2.98. The van der Waals surface area contributed by atoms with Crippen molar-refractivity contribution in [1.29, 1.82) is 0 Å². The van der Waals surface area contributed by atoms with Crippen LogP contribution in [-0.4, -0.2) is 26.4 Å². The van der Waals surface area contributed by atoms with Crippen LogP contribution < -0.4 is 10.1 Å². The van der Waals surface area contributed by atoms with E-state index < -0.39 is 0 Å². The highest BCUT2D eigenvalue weighted by Crippen LogP contribution is 2.27. The van der Waals surface area contributed by atoms with E-state index in [0.29, 0.717) is 33.3 Å². The number of ether oxygens (including phenoxy) is 1. The molecule has 6 nitrogen and oxygen atoms in total. The summed E-state index contributed by atoms with van der Waals surface area (Å²) in [7, 11) is 0. The second kappa shape index (κ2) is 11.4. The number of aryl methyl sites for hydroxylation is 1. The number of thioether (sulfide) groups is 1. The zero-order valence-corrected chi connectivity index (χ0v) is 20.2. The Balaban J connectivity index is 1.66. The monoisotopic (exact) mass is 490 g/mol. The molecule has 3 rings (SSSR count). The average Bonchev–Trinajstić information content (AvgIpc) is 3.18. The molecule has 1 N–H and O–H groups in total. The van der Waals surface area contributed by atoms with Gasteiger partial charge in [0.25, 0.3) is 0 Å². The Hall–Kier alpha value is -2.48. The third-order valence-corrected chi connectivity index (χ3v) is 6.12. The average molecular weight is 491 g/mol. The highest BCUT2D eigenvalue weighted by Gasteiger charge is 2.20. The van der Waals surface area contributed by atoms with E-state index in [9.17, 15) is 4.79 Å². The van der Waals surface area contributed by atoms with Gasteiger partial charge < -0.3 is 10.1 Å². The molecule has 3 aromatic rings. The SMILES string of the molecule is C=CCn1c(SCC(=O)Nc2ccc(Cl)cc2Cl)nnc1C(C)Oc1ccc(CC)cc1. The molecule has 0 fully saturated rings. The Morgan fingerprint density at radius 1 is 1.25 bits per heavy atom. The fourth-order valence-corrected chi connectivity index (χ4v) is 4.19. The number of amides is 1. The van der Waals surface area contributed by atoms with Crippen molar-refractivity contribution >= 4 is 46.6 Å². The van der Waals surface area contributed by atoms with Crippen LogP contribution in [0.1, 0.15) is 31.3 Å². The third-order valence-electron chi connectivity index (χ3n) is 4.60. The molecule has 9 heteroatoms. The number of nitrogens with one attached hydrogen (secondary N) is 1. The lowest BCUT2D eigenvalue weighted by atomic mass is 10.2. The maximum atomic E-state index is 12.4. The van der Waals surface area contributed by atoms with Crippen LogP contribution >= 0.6 is 35.0 Å². The molecule has 1 aromatic heterocycles. The Morgan fingerprint density at radius 2 is 2.00 bits per heavy atom. The summed E-state index contributed by atoms with van der Waals surface area (Å²) < 4.78 is 7.95. The van der Waals surface area contributed by atoms with E-state index in [-0.39, 0.29) is 17.8 Å². The minimum absolute atomic E-state index is 0.141. The summed E-state index contributed by atoms with van der Waals surface area (Å²) in [5, 5.41) is 12.8. The highest BCUT2D eigenvalue weighted by atomic mass is 35.5. The predicted molar refractivity (Wildman–Crippen MR) is 131 cm³/mol. The Kier molecular flexibility index (Phi) is 8.61. The summed E-state index contributed by atoms with van der Waals surface area (Å²) in [5.74, 6) is 1.35. The van der Waals surface area contributed by atoms with Gasteiger partial charge in [-0.1, -0.05) is 60.1 Å². The number of nitrogens with zero attached hydrogens (tertiary/aromatic N) is 3. The molecule has 1 heterocycles. The largest absolute Gasteiger partial charge is 0.483 e. The van der Waals surface area contributed by atoms with Gasteiger partial charge in [-0.15, -0.1) is 16.8 Å². The molecule has 2 aromatic carbocycles. The van der Waals surface area contributed by atoms with Gasteiger partial charge >= 0.3 is 0 Å². The summed E-state index contributed by atoms with van der Waals surface area (Å²) in [6.07, 6.45) is 2.40. The van der Waals surface area contributed by atoms with Crippen molar-refractivity contribution < 1.29 is 9.53 Å². The van der Waals surface area contributed by atoms with E-state index in [1.807, 2.05) is 35.8 Å². The first-order chi connectivity index (χ1) is 15.4. The van der Waals surface area contributed by atoms with Crippen LogP contribution in [0.3, 0.4) is 0 Å². The smallest absolute Gasteiger partial charge is 0.234 e. The lowest BCUT2D eigenvalue weighted by Gasteiger charge is -2.16. The molecule has 0 aliphatic carbocycles. The first-order valence-corrected chi connectivity index (χ1v) is 11.8. The molecule has 0 radical (unpaired) electrons. The van der Waals surface area contributed by atoms with Crippen molar-refractivity contribution in [2.24, 2.45) is 0 Å². The summed E-state index contributed by atoms with van der Waals surface area (Å²) in [6, 6.07) is 12.9. The standard InChI is InChI=1S/C23H24Cl2N4O2S/c1-4-12-29-22(15(3)31-18-9-6-16(5-2)7-10-18)27-28-23(29)32-14-21(30)26-20-11-8-17(24)13-19(20)25/h4,6-11,13,15H,1,5,12,14H2,2-3H3,(H,26,30). The highest BCUT2D eigenvalue weighted by molar-refractivity contribution is 7.99. The minimum atomic E-state index is -0.328. The molecule has 0 aliphatic heterocycles. The molecular weight excluding hydrogens is 467 g/mol. The van der Waals surface area contributed by atoms with Gasteiger partial charge in [0.15, 0.2) is 17.1 Å². The van der Waals surface area contributed by atoms with E-state index in [0.717, 1.165) is 12.2 Å². The number of hydrogen-bond acceptors (Lipinski definition) is 5. The molecule has 0 saturated carbocycles. The lowest BCUT2D eigenvalue weighted by Crippen LogP contribution is -2.15. The molecule has 0 spiro atoms. The van der Waals surface area contributed by atoms with Crippen molar-refractivity contribution in [3.8, 4) is 5.75 Å². The van der Waals surface area contributed by atoms with Crippen LogP contribution in [0.25, 0.3) is 0 Å². The maximum Gasteiger partial charge on any atom is 0.234 e. The van der Waals surface area contributed by atoms with Gasteiger partial charge in [0.05, 0.1) is 16.5 Å². The summed E-state index contributed by atoms with van der Waals surface area (Å²) in [6.45, 7) is 8.34. The van der Waals surface area contributed by atoms with E-state index >= 15 is 0 Å². The second-order valence-electron chi connectivity index (χ2n) is 6.96. The van der Waals surface area contributed by atoms with Gasteiger partial charge in [0, 0.05) is 11.6 Å². The van der Waals surface area contributed by atoms with E-state index in [4.69, 9.17) is 27.9 Å². The van der Waals surface area contributed by atoms with Gasteiger partial charge in [-0.25, -0.2) is 0 Å². The number of rotatable bonds is 10. The number of allylic oxidation sites excluding steroid dienone is 1. The van der Waals surface area contributed by atoms with Crippen LogP contribution in [0.15, 0.2) is 60.3 Å². The van der Waals surface area contributed by atoms with Gasteiger partial charge in [-0.05, 0) is 49.2 Å². The zero-order chi connectivity index (χ0) is 23.1. The van der Waals surface area contributed by atoms with Crippen LogP contribution in [0.4, 0.5) is 5.69 Å². The number of carbonyl (C=O) groups excluding carboxylic acids is 1. The molecule has 1 unspecified atom stereocenters. The van der Waals surface area contributed by atoms with Crippen molar-refractivity contribution in [3.63, 3.8) is 0 Å². The Morgan fingerprint density at radius 3 is 2.66 bits per heavy atom. The van der Waals surface area contributed by atoms with Crippen molar-refractivity contribution in [2.75, 3.05) is 11.1 Å². The lowest BCUT2D eigenvalue weighted by molar-refractivity contribution is -0.113. The van der Waals surface area contributed by atoms with E-state index in [1.54, 1.807) is 24.3 Å². The number of anilines is 1. The number of halogens is 2. The molecule has 0 bridgehead atoms. The first-order valence-electron chi connectivity index (χ1n) is 10.1. The Labute approximate surface area is 202 Å². The summed E-state index contributed by atoms with van der Waals surface area (Å²) in [4.78, 5) is 12.4. The Bertz CT molecular complexity index is 1090. The topological polar surface area (TPSA) is 69.0 Å². The molecule has 0 aliphatic rings. The molecule has 32 heavy (non-hydrogen) atoms. The normalized spacial score (nSPS) is 11.8. The van der Waals surface area contributed by atoms with Crippen molar-refractivity contribution in [2.45, 2.75) is 38.1 Å². The second-order valence-corrected chi connectivity index (χ2v) is 8.74. The summed E-state index contributed by atoms with van der Waals surface area (Å²) in [5.41, 5.74) is 1.75. The quantitative estimate of drug-likeness (QED) is 0.270. The van der Waals surface area contributed by atoms with Gasteiger partial charge in [-0.2, -0.15) is 0 Å². The van der Waals surface area contributed by atoms with E-state index in [2.05, 4.69) is 29.0 Å². The number of benzene rings is 2. The van der Waals surface area contributed by atoms with Crippen LogP contribution in [0.2, 0.25) is 10.0 Å². The van der Waals surface area contributed by atoms with Gasteiger partial charge in [0.1, 0.15) is 5.75 Å². The van der Waals surface area contributed by atoms with Gasteiger partial charge in [-0.3, -0.25) is 9.36 Å². The first kappa shape index (κ1) is 24.2. The van der Waals surface area contributed by atoms with Crippen LogP contribution in [0.5, 0.6) is 5.75 Å². The molecule has 1 atom stereocenters. The fraction of sp³-hybridized carbons (Fsp3) is 0.261. The maximum absolute atomic E-state index is 12.4. The molecular formula is C23H24Cl2N4O2S. The number of aromatic nitrogens is 3. The van der Waals surface area contributed by atoms with Crippen LogP contribution in [0, 0.1) is 0 Å². The van der Waals surface area contributed by atoms with Crippen LogP contribution in [-0.2, 0) is 17.8 Å². The molecule has 1 amide bonds.